The number of fused-ring (bicyclic) bond motifs is 1. The lowest BCUT2D eigenvalue weighted by Gasteiger charge is -2.00. The van der Waals surface area contributed by atoms with Crippen molar-refractivity contribution in [2.24, 2.45) is 0 Å². The molecule has 1 aromatic carbocycles. The molecular formula is C8H5BrClNO. The molecule has 0 aromatic heterocycles. The van der Waals surface area contributed by atoms with E-state index in [0.717, 1.165) is 10.0 Å². The highest BCUT2D eigenvalue weighted by Crippen LogP contribution is 2.31. The lowest BCUT2D eigenvalue weighted by molar-refractivity contribution is 0.0966. The van der Waals surface area contributed by atoms with E-state index in [9.17, 15) is 4.79 Å². The van der Waals surface area contributed by atoms with Gasteiger partial charge >= 0.3 is 0 Å². The van der Waals surface area contributed by atoms with Crippen LogP contribution < -0.4 is 5.32 Å². The molecule has 0 saturated carbocycles. The Morgan fingerprint density at radius 3 is 3.00 bits per heavy atom. The highest BCUT2D eigenvalue weighted by atomic mass is 79.9. The van der Waals surface area contributed by atoms with Crippen LogP contribution in [0.3, 0.4) is 0 Å². The topological polar surface area (TPSA) is 29.1 Å². The molecule has 0 radical (unpaired) electrons. The van der Waals surface area contributed by atoms with Gasteiger partial charge in [-0.15, -0.1) is 0 Å². The lowest BCUT2D eigenvalue weighted by Crippen LogP contribution is -2.12. The van der Waals surface area contributed by atoms with Crippen molar-refractivity contribution in [3.05, 3.63) is 32.8 Å². The van der Waals surface area contributed by atoms with E-state index < -0.39 is 0 Å². The number of amides is 1. The molecule has 1 aliphatic rings. The summed E-state index contributed by atoms with van der Waals surface area (Å²) in [6.45, 7) is 0.534. The first-order valence-electron chi connectivity index (χ1n) is 3.45. The van der Waals surface area contributed by atoms with Crippen LogP contribution in [-0.2, 0) is 6.54 Å². The van der Waals surface area contributed by atoms with E-state index in [4.69, 9.17) is 11.6 Å². The van der Waals surface area contributed by atoms with E-state index in [-0.39, 0.29) is 5.91 Å². The average Bonchev–Trinajstić information content (AvgIpc) is 2.41. The van der Waals surface area contributed by atoms with Gasteiger partial charge in [-0.05, 0) is 28.1 Å². The van der Waals surface area contributed by atoms with E-state index in [1.54, 1.807) is 12.1 Å². The summed E-state index contributed by atoms with van der Waals surface area (Å²) in [4.78, 5) is 11.1. The standard InChI is InChI=1S/C8H5BrClNO/c9-6-2-1-4-5(7(6)10)3-11-8(4)12/h1-2H,3H2,(H,11,12). The first kappa shape index (κ1) is 8.08. The van der Waals surface area contributed by atoms with E-state index in [1.807, 2.05) is 0 Å². The normalized spacial score (nSPS) is 14.3. The summed E-state index contributed by atoms with van der Waals surface area (Å²) < 4.78 is 0.833. The van der Waals surface area contributed by atoms with Crippen molar-refractivity contribution < 1.29 is 4.79 Å². The minimum absolute atomic E-state index is 0.0422. The summed E-state index contributed by atoms with van der Waals surface area (Å²) >= 11 is 9.26. The Hall–Kier alpha value is -0.540. The van der Waals surface area contributed by atoms with Crippen LogP contribution in [0.25, 0.3) is 0 Å². The second-order valence-corrected chi connectivity index (χ2v) is 3.80. The van der Waals surface area contributed by atoms with Crippen LogP contribution in [0.2, 0.25) is 5.02 Å². The lowest BCUT2D eigenvalue weighted by atomic mass is 10.1. The van der Waals surface area contributed by atoms with Crippen molar-refractivity contribution in [2.75, 3.05) is 0 Å². The van der Waals surface area contributed by atoms with Gasteiger partial charge < -0.3 is 5.32 Å². The average molecular weight is 246 g/mol. The second-order valence-electron chi connectivity index (χ2n) is 2.57. The largest absolute Gasteiger partial charge is 0.348 e. The molecule has 1 N–H and O–H groups in total. The minimum atomic E-state index is -0.0422. The summed E-state index contributed by atoms with van der Waals surface area (Å²) in [6, 6.07) is 3.56. The molecule has 0 spiro atoms. The van der Waals surface area contributed by atoms with Gasteiger partial charge in [-0.3, -0.25) is 4.79 Å². The number of hydrogen-bond acceptors (Lipinski definition) is 1. The van der Waals surface area contributed by atoms with Gasteiger partial charge in [-0.2, -0.15) is 0 Å². The van der Waals surface area contributed by atoms with Gasteiger partial charge in [0, 0.05) is 22.1 Å². The molecule has 1 heterocycles. The molecule has 0 atom stereocenters. The van der Waals surface area contributed by atoms with Gasteiger partial charge in [-0.1, -0.05) is 11.6 Å². The summed E-state index contributed by atoms with van der Waals surface area (Å²) in [5, 5.41) is 3.34. The zero-order valence-corrected chi connectivity index (χ0v) is 8.37. The maximum atomic E-state index is 11.1. The Labute approximate surface area is 83.0 Å². The summed E-state index contributed by atoms with van der Waals surface area (Å²) in [5.41, 5.74) is 1.57. The van der Waals surface area contributed by atoms with Crippen molar-refractivity contribution in [1.29, 1.82) is 0 Å². The molecule has 0 bridgehead atoms. The third-order valence-corrected chi connectivity index (χ3v) is 3.19. The first-order valence-corrected chi connectivity index (χ1v) is 4.62. The quantitative estimate of drug-likeness (QED) is 0.748. The molecule has 12 heavy (non-hydrogen) atoms. The van der Waals surface area contributed by atoms with Crippen molar-refractivity contribution >= 4 is 33.4 Å². The number of carbonyl (C=O) groups excluding carboxylic acids is 1. The molecule has 62 valence electrons. The van der Waals surface area contributed by atoms with E-state index in [0.29, 0.717) is 17.1 Å². The number of halogens is 2. The van der Waals surface area contributed by atoms with Gasteiger partial charge in [0.2, 0.25) is 0 Å². The molecule has 4 heteroatoms. The molecule has 0 saturated heterocycles. The zero-order chi connectivity index (χ0) is 8.72. The molecule has 2 rings (SSSR count). The number of carbonyl (C=O) groups is 1. The molecule has 0 fully saturated rings. The number of nitrogens with one attached hydrogen (secondary N) is 1. The van der Waals surface area contributed by atoms with Crippen molar-refractivity contribution in [1.82, 2.24) is 5.32 Å². The maximum Gasteiger partial charge on any atom is 0.251 e. The van der Waals surface area contributed by atoms with E-state index in [1.165, 1.54) is 0 Å². The molecule has 0 aliphatic carbocycles. The Bertz CT molecular complexity index is 364. The van der Waals surface area contributed by atoms with Crippen LogP contribution in [-0.4, -0.2) is 5.91 Å². The van der Waals surface area contributed by atoms with Gasteiger partial charge in [0.1, 0.15) is 0 Å². The van der Waals surface area contributed by atoms with Crippen LogP contribution in [0.15, 0.2) is 16.6 Å². The molecule has 2 nitrogen and oxygen atoms in total. The fourth-order valence-electron chi connectivity index (χ4n) is 1.24. The molecule has 0 unspecified atom stereocenters. The van der Waals surface area contributed by atoms with Crippen LogP contribution >= 0.6 is 27.5 Å². The van der Waals surface area contributed by atoms with Gasteiger partial charge in [-0.25, -0.2) is 0 Å². The van der Waals surface area contributed by atoms with Crippen molar-refractivity contribution in [3.8, 4) is 0 Å². The zero-order valence-electron chi connectivity index (χ0n) is 6.03. The van der Waals surface area contributed by atoms with Crippen LogP contribution in [0.5, 0.6) is 0 Å². The summed E-state index contributed by atoms with van der Waals surface area (Å²) in [7, 11) is 0. The second kappa shape index (κ2) is 2.75. The number of hydrogen-bond donors (Lipinski definition) is 1. The Balaban J connectivity index is 2.68. The summed E-state index contributed by atoms with van der Waals surface area (Å²) in [6.07, 6.45) is 0. The van der Waals surface area contributed by atoms with Gasteiger partial charge in [0.15, 0.2) is 0 Å². The predicted molar refractivity (Wildman–Crippen MR) is 50.3 cm³/mol. The van der Waals surface area contributed by atoms with Gasteiger partial charge in [0.25, 0.3) is 5.91 Å². The Morgan fingerprint density at radius 1 is 1.50 bits per heavy atom. The Kier molecular flexibility index (Phi) is 1.85. The van der Waals surface area contributed by atoms with Crippen LogP contribution in [0, 0.1) is 0 Å². The number of benzene rings is 1. The minimum Gasteiger partial charge on any atom is -0.348 e. The Morgan fingerprint density at radius 2 is 2.25 bits per heavy atom. The molecule has 1 aromatic rings. The molecule has 1 amide bonds. The van der Waals surface area contributed by atoms with Crippen molar-refractivity contribution in [2.45, 2.75) is 6.54 Å². The highest BCUT2D eigenvalue weighted by molar-refractivity contribution is 9.10. The monoisotopic (exact) mass is 245 g/mol. The third-order valence-electron chi connectivity index (χ3n) is 1.87. The third kappa shape index (κ3) is 1.04. The van der Waals surface area contributed by atoms with Crippen LogP contribution in [0.1, 0.15) is 15.9 Å². The SMILES string of the molecule is O=C1NCc2c1ccc(Br)c2Cl. The number of rotatable bonds is 0. The first-order chi connectivity index (χ1) is 5.70. The van der Waals surface area contributed by atoms with Crippen LogP contribution in [0.4, 0.5) is 0 Å². The fourth-order valence-corrected chi connectivity index (χ4v) is 1.85. The molecular weight excluding hydrogens is 241 g/mol. The van der Waals surface area contributed by atoms with E-state index in [2.05, 4.69) is 21.2 Å². The predicted octanol–water partition coefficient (Wildman–Crippen LogP) is 2.35. The smallest absolute Gasteiger partial charge is 0.251 e. The maximum absolute atomic E-state index is 11.1. The van der Waals surface area contributed by atoms with Crippen molar-refractivity contribution in [3.63, 3.8) is 0 Å². The molecule has 1 aliphatic heterocycles. The van der Waals surface area contributed by atoms with Gasteiger partial charge in [0.05, 0.1) is 5.02 Å². The fraction of sp³-hybridized carbons (Fsp3) is 0.125. The van der Waals surface area contributed by atoms with E-state index >= 15 is 0 Å². The highest BCUT2D eigenvalue weighted by Gasteiger charge is 2.21. The summed E-state index contributed by atoms with van der Waals surface area (Å²) in [5.74, 6) is -0.0422.